The van der Waals surface area contributed by atoms with Gasteiger partial charge < -0.3 is 14.3 Å². The van der Waals surface area contributed by atoms with Crippen LogP contribution in [0.3, 0.4) is 0 Å². The summed E-state index contributed by atoms with van der Waals surface area (Å²) >= 11 is 0. The van der Waals surface area contributed by atoms with Gasteiger partial charge in [0.05, 0.1) is 17.2 Å². The number of nitrogens with zero attached hydrogens (tertiary/aromatic N) is 3. The van der Waals surface area contributed by atoms with Crippen molar-refractivity contribution >= 4 is 11.8 Å². The highest BCUT2D eigenvalue weighted by Gasteiger charge is 2.32. The van der Waals surface area contributed by atoms with Crippen LogP contribution in [0.1, 0.15) is 45.8 Å². The lowest BCUT2D eigenvalue weighted by Gasteiger charge is -2.36. The number of benzene rings is 1. The third-order valence-electron chi connectivity index (χ3n) is 5.23. The van der Waals surface area contributed by atoms with E-state index in [0.29, 0.717) is 37.6 Å². The van der Waals surface area contributed by atoms with Gasteiger partial charge in [-0.3, -0.25) is 9.59 Å². The van der Waals surface area contributed by atoms with Gasteiger partial charge in [0.1, 0.15) is 5.76 Å². The van der Waals surface area contributed by atoms with Gasteiger partial charge in [0.15, 0.2) is 0 Å². The summed E-state index contributed by atoms with van der Waals surface area (Å²) in [5.41, 5.74) is 0.859. The van der Waals surface area contributed by atoms with E-state index in [0.717, 1.165) is 17.7 Å². The van der Waals surface area contributed by atoms with E-state index in [1.807, 2.05) is 0 Å². The maximum atomic E-state index is 12.8. The van der Waals surface area contributed by atoms with E-state index in [2.05, 4.69) is 5.16 Å². The highest BCUT2D eigenvalue weighted by molar-refractivity contribution is 5.94. The molecule has 29 heavy (non-hydrogen) atoms. The van der Waals surface area contributed by atoms with Crippen molar-refractivity contribution in [3.8, 4) is 0 Å². The van der Waals surface area contributed by atoms with Gasteiger partial charge in [-0.25, -0.2) is 0 Å². The van der Waals surface area contributed by atoms with Gasteiger partial charge in [0.25, 0.3) is 5.91 Å². The molecule has 2 heterocycles. The number of piperazine rings is 1. The molecule has 9 heteroatoms. The van der Waals surface area contributed by atoms with Crippen molar-refractivity contribution in [2.45, 2.75) is 32.9 Å². The van der Waals surface area contributed by atoms with E-state index in [9.17, 15) is 22.8 Å². The Kier molecular flexibility index (Phi) is 5.68. The molecule has 1 aromatic heterocycles. The summed E-state index contributed by atoms with van der Waals surface area (Å²) in [4.78, 5) is 28.6. The van der Waals surface area contributed by atoms with Crippen LogP contribution in [0.25, 0.3) is 0 Å². The number of amides is 2. The van der Waals surface area contributed by atoms with Crippen molar-refractivity contribution in [1.82, 2.24) is 15.0 Å². The predicted octanol–water partition coefficient (Wildman–Crippen LogP) is 3.40. The summed E-state index contributed by atoms with van der Waals surface area (Å²) in [6.07, 6.45) is -4.44. The Hall–Kier alpha value is -2.84. The SMILES string of the molecule is Cc1noc(C)c1C(C)C(=O)N1CCN(C(=O)c2ccc(C(F)(F)F)cc2)CC1. The van der Waals surface area contributed by atoms with Gasteiger partial charge in [-0.1, -0.05) is 5.16 Å². The Labute approximate surface area is 166 Å². The van der Waals surface area contributed by atoms with E-state index >= 15 is 0 Å². The number of rotatable bonds is 3. The van der Waals surface area contributed by atoms with Gasteiger partial charge in [0.2, 0.25) is 5.91 Å². The molecule has 1 aliphatic rings. The molecule has 3 rings (SSSR count). The van der Waals surface area contributed by atoms with E-state index in [1.54, 1.807) is 30.6 Å². The lowest BCUT2D eigenvalue weighted by atomic mass is 9.97. The molecule has 2 amide bonds. The fraction of sp³-hybridized carbons (Fsp3) is 0.450. The van der Waals surface area contributed by atoms with Crippen LogP contribution in [-0.4, -0.2) is 52.9 Å². The minimum atomic E-state index is -4.44. The van der Waals surface area contributed by atoms with Crippen molar-refractivity contribution < 1.29 is 27.3 Å². The number of carbonyl (C=O) groups is 2. The standard InChI is InChI=1S/C20H22F3N3O3/c1-12(17-13(2)24-29-14(17)3)18(27)25-8-10-26(11-9-25)19(28)15-4-6-16(7-5-15)20(21,22)23/h4-7,12H,8-11H2,1-3H3. The van der Waals surface area contributed by atoms with Crippen LogP contribution in [0.2, 0.25) is 0 Å². The zero-order valence-electron chi connectivity index (χ0n) is 16.4. The van der Waals surface area contributed by atoms with Gasteiger partial charge in [-0.15, -0.1) is 0 Å². The summed E-state index contributed by atoms with van der Waals surface area (Å²) < 4.78 is 43.1. The topological polar surface area (TPSA) is 66.7 Å². The predicted molar refractivity (Wildman–Crippen MR) is 98.3 cm³/mol. The summed E-state index contributed by atoms with van der Waals surface area (Å²) in [6.45, 7) is 6.71. The summed E-state index contributed by atoms with van der Waals surface area (Å²) in [5, 5.41) is 3.89. The van der Waals surface area contributed by atoms with Crippen LogP contribution in [0.4, 0.5) is 13.2 Å². The van der Waals surface area contributed by atoms with Crippen LogP contribution >= 0.6 is 0 Å². The van der Waals surface area contributed by atoms with Crippen LogP contribution in [0, 0.1) is 13.8 Å². The van der Waals surface area contributed by atoms with Crippen molar-refractivity contribution in [3.63, 3.8) is 0 Å². The molecular weight excluding hydrogens is 387 g/mol. The average molecular weight is 409 g/mol. The zero-order chi connectivity index (χ0) is 21.3. The average Bonchev–Trinajstić information content (AvgIpc) is 3.04. The molecule has 0 saturated carbocycles. The highest BCUT2D eigenvalue weighted by Crippen LogP contribution is 2.29. The fourth-order valence-electron chi connectivity index (χ4n) is 3.62. The number of hydrogen-bond donors (Lipinski definition) is 0. The molecule has 0 radical (unpaired) electrons. The van der Waals surface area contributed by atoms with E-state index in [1.165, 1.54) is 12.1 Å². The zero-order valence-corrected chi connectivity index (χ0v) is 16.4. The number of carbonyl (C=O) groups excluding carboxylic acids is 2. The third-order valence-corrected chi connectivity index (χ3v) is 5.23. The molecule has 1 saturated heterocycles. The largest absolute Gasteiger partial charge is 0.416 e. The molecule has 0 N–H and O–H groups in total. The molecule has 1 aromatic carbocycles. The fourth-order valence-corrected chi connectivity index (χ4v) is 3.62. The quantitative estimate of drug-likeness (QED) is 0.779. The lowest BCUT2D eigenvalue weighted by molar-refractivity contribution is -0.137. The molecule has 6 nitrogen and oxygen atoms in total. The number of aromatic nitrogens is 1. The third kappa shape index (κ3) is 4.28. The Balaban J connectivity index is 1.61. The lowest BCUT2D eigenvalue weighted by Crippen LogP contribution is -2.51. The van der Waals surface area contributed by atoms with Gasteiger partial charge in [-0.05, 0) is 45.0 Å². The maximum Gasteiger partial charge on any atom is 0.416 e. The normalized spacial score (nSPS) is 16.1. The number of aryl methyl sites for hydroxylation is 2. The summed E-state index contributed by atoms with van der Waals surface area (Å²) in [7, 11) is 0. The van der Waals surface area contributed by atoms with Gasteiger partial charge in [-0.2, -0.15) is 13.2 Å². The van der Waals surface area contributed by atoms with Crippen molar-refractivity contribution in [2.75, 3.05) is 26.2 Å². The number of halogens is 3. The highest BCUT2D eigenvalue weighted by atomic mass is 19.4. The van der Waals surface area contributed by atoms with Crippen molar-refractivity contribution in [3.05, 3.63) is 52.4 Å². The molecule has 156 valence electrons. The smallest absolute Gasteiger partial charge is 0.361 e. The molecule has 1 fully saturated rings. The molecule has 1 aliphatic heterocycles. The first-order chi connectivity index (χ1) is 13.6. The molecular formula is C20H22F3N3O3. The summed E-state index contributed by atoms with van der Waals surface area (Å²) in [5.74, 6) is -0.205. The Morgan fingerprint density at radius 3 is 2.07 bits per heavy atom. The van der Waals surface area contributed by atoms with Crippen molar-refractivity contribution in [2.24, 2.45) is 0 Å². The Bertz CT molecular complexity index is 878. The first-order valence-corrected chi connectivity index (χ1v) is 9.27. The molecule has 1 unspecified atom stereocenters. The van der Waals surface area contributed by atoms with E-state index < -0.39 is 17.7 Å². The second-order valence-corrected chi connectivity index (χ2v) is 7.15. The first-order valence-electron chi connectivity index (χ1n) is 9.27. The van der Waals surface area contributed by atoms with Crippen LogP contribution in [0.15, 0.2) is 28.8 Å². The van der Waals surface area contributed by atoms with E-state index in [-0.39, 0.29) is 17.4 Å². The summed E-state index contributed by atoms with van der Waals surface area (Å²) in [6, 6.07) is 4.17. The van der Waals surface area contributed by atoms with Crippen LogP contribution in [0.5, 0.6) is 0 Å². The number of alkyl halides is 3. The molecule has 1 atom stereocenters. The molecule has 2 aromatic rings. The van der Waals surface area contributed by atoms with Crippen molar-refractivity contribution in [1.29, 1.82) is 0 Å². The molecule has 0 spiro atoms. The van der Waals surface area contributed by atoms with Crippen LogP contribution < -0.4 is 0 Å². The molecule has 0 aliphatic carbocycles. The van der Waals surface area contributed by atoms with Crippen LogP contribution in [-0.2, 0) is 11.0 Å². The van der Waals surface area contributed by atoms with Gasteiger partial charge >= 0.3 is 6.18 Å². The first kappa shape index (κ1) is 20.9. The minimum Gasteiger partial charge on any atom is -0.361 e. The Morgan fingerprint density at radius 1 is 1.03 bits per heavy atom. The van der Waals surface area contributed by atoms with Gasteiger partial charge in [0, 0.05) is 37.3 Å². The maximum absolute atomic E-state index is 12.8. The number of hydrogen-bond acceptors (Lipinski definition) is 4. The second-order valence-electron chi connectivity index (χ2n) is 7.15. The molecule has 0 bridgehead atoms. The second kappa shape index (κ2) is 7.88. The van der Waals surface area contributed by atoms with E-state index in [4.69, 9.17) is 4.52 Å². The Morgan fingerprint density at radius 2 is 1.59 bits per heavy atom. The minimum absolute atomic E-state index is 0.0685. The monoisotopic (exact) mass is 409 g/mol.